The minimum atomic E-state index is -1.35. The van der Waals surface area contributed by atoms with E-state index in [0.717, 1.165) is 0 Å². The molecule has 22 heavy (non-hydrogen) atoms. The quantitative estimate of drug-likeness (QED) is 0.224. The Hall–Kier alpha value is -0.320. The molecule has 0 bridgehead atoms. The van der Waals surface area contributed by atoms with Gasteiger partial charge >= 0.3 is 0 Å². The number of rotatable bonds is 13. The van der Waals surface area contributed by atoms with Gasteiger partial charge in [-0.2, -0.15) is 0 Å². The van der Waals surface area contributed by atoms with Gasteiger partial charge in [0.05, 0.1) is 38.6 Å². The number of aliphatic hydroxyl groups excluding tert-OH is 1. The largest absolute Gasteiger partial charge is 0.393 e. The fourth-order valence-electron chi connectivity index (χ4n) is 2.12. The standard InChI is InChI=1S/C14H34N4O4/c1-10(15)5-21-7-12(17)3-14(20,9-19)4-13(18)8-22-6-11(2)16/h10-13,19-20H,3-9,15-18H2,1-2H3. The van der Waals surface area contributed by atoms with Gasteiger partial charge in [0, 0.05) is 24.2 Å². The summed E-state index contributed by atoms with van der Waals surface area (Å²) >= 11 is 0. The molecule has 8 nitrogen and oxygen atoms in total. The second kappa shape index (κ2) is 11.3. The van der Waals surface area contributed by atoms with Crippen LogP contribution in [-0.2, 0) is 9.47 Å². The van der Waals surface area contributed by atoms with Crippen molar-refractivity contribution in [1.29, 1.82) is 0 Å². The highest BCUT2D eigenvalue weighted by atomic mass is 16.5. The van der Waals surface area contributed by atoms with Gasteiger partial charge in [-0.3, -0.25) is 0 Å². The van der Waals surface area contributed by atoms with Crippen LogP contribution in [0.15, 0.2) is 0 Å². The van der Waals surface area contributed by atoms with Gasteiger partial charge in [0.2, 0.25) is 0 Å². The zero-order chi connectivity index (χ0) is 17.2. The Morgan fingerprint density at radius 1 is 0.818 bits per heavy atom. The van der Waals surface area contributed by atoms with Gasteiger partial charge in [-0.1, -0.05) is 0 Å². The maximum Gasteiger partial charge on any atom is 0.0908 e. The van der Waals surface area contributed by atoms with Gasteiger partial charge < -0.3 is 42.6 Å². The Kier molecular flexibility index (Phi) is 11.1. The zero-order valence-electron chi connectivity index (χ0n) is 13.8. The van der Waals surface area contributed by atoms with Crippen molar-refractivity contribution in [2.24, 2.45) is 22.9 Å². The second-order valence-electron chi connectivity index (χ2n) is 6.34. The lowest BCUT2D eigenvalue weighted by Crippen LogP contribution is -2.47. The van der Waals surface area contributed by atoms with Gasteiger partial charge in [0.1, 0.15) is 0 Å². The van der Waals surface area contributed by atoms with Crippen molar-refractivity contribution in [1.82, 2.24) is 0 Å². The summed E-state index contributed by atoms with van der Waals surface area (Å²) in [5.74, 6) is 0. The van der Waals surface area contributed by atoms with Crippen LogP contribution < -0.4 is 22.9 Å². The molecule has 4 atom stereocenters. The molecular formula is C14H34N4O4. The molecule has 0 aliphatic heterocycles. The number of hydrogen-bond acceptors (Lipinski definition) is 8. The molecule has 0 rings (SSSR count). The smallest absolute Gasteiger partial charge is 0.0908 e. The third-order valence-electron chi connectivity index (χ3n) is 3.00. The van der Waals surface area contributed by atoms with Crippen molar-refractivity contribution < 1.29 is 19.7 Å². The van der Waals surface area contributed by atoms with Gasteiger partial charge in [-0.15, -0.1) is 0 Å². The normalized spacial score (nSPS) is 20.2. The van der Waals surface area contributed by atoms with Crippen LogP contribution in [0.25, 0.3) is 0 Å². The number of aliphatic hydroxyl groups is 2. The number of ether oxygens (including phenoxy) is 2. The predicted molar refractivity (Wildman–Crippen MR) is 86.2 cm³/mol. The topological polar surface area (TPSA) is 163 Å². The molecule has 0 saturated carbocycles. The predicted octanol–water partition coefficient (Wildman–Crippen LogP) is -2.13. The first-order chi connectivity index (χ1) is 10.2. The minimum Gasteiger partial charge on any atom is -0.393 e. The third kappa shape index (κ3) is 11.3. The minimum absolute atomic E-state index is 0.0700. The molecule has 10 N–H and O–H groups in total. The molecule has 0 fully saturated rings. The summed E-state index contributed by atoms with van der Waals surface area (Å²) in [5, 5.41) is 19.8. The molecule has 0 amide bonds. The van der Waals surface area contributed by atoms with Crippen molar-refractivity contribution in [2.45, 2.75) is 56.5 Å². The van der Waals surface area contributed by atoms with E-state index >= 15 is 0 Å². The lowest BCUT2D eigenvalue weighted by atomic mass is 9.89. The van der Waals surface area contributed by atoms with Gasteiger partial charge in [0.15, 0.2) is 0 Å². The fraction of sp³-hybridized carbons (Fsp3) is 1.00. The van der Waals surface area contributed by atoms with E-state index in [-0.39, 0.29) is 38.1 Å². The number of nitrogens with two attached hydrogens (primary N) is 4. The first kappa shape index (κ1) is 21.7. The molecule has 8 heteroatoms. The maximum absolute atomic E-state index is 10.4. The lowest BCUT2D eigenvalue weighted by molar-refractivity contribution is -0.0489. The summed E-state index contributed by atoms with van der Waals surface area (Å²) in [4.78, 5) is 0. The van der Waals surface area contributed by atoms with E-state index in [1.54, 1.807) is 0 Å². The molecule has 0 heterocycles. The molecule has 0 aliphatic rings. The molecular weight excluding hydrogens is 288 g/mol. The van der Waals surface area contributed by atoms with E-state index in [1.165, 1.54) is 0 Å². The van der Waals surface area contributed by atoms with Crippen molar-refractivity contribution >= 4 is 0 Å². The summed E-state index contributed by atoms with van der Waals surface area (Å²) in [5.41, 5.74) is 21.6. The van der Waals surface area contributed by atoms with Crippen LogP contribution in [0, 0.1) is 0 Å². The summed E-state index contributed by atoms with van der Waals surface area (Å²) < 4.78 is 10.7. The highest BCUT2D eigenvalue weighted by molar-refractivity contribution is 4.86. The highest BCUT2D eigenvalue weighted by Gasteiger charge is 2.31. The molecule has 134 valence electrons. The monoisotopic (exact) mass is 322 g/mol. The first-order valence-electron chi connectivity index (χ1n) is 7.69. The van der Waals surface area contributed by atoms with E-state index in [2.05, 4.69) is 0 Å². The molecule has 0 radical (unpaired) electrons. The van der Waals surface area contributed by atoms with Crippen molar-refractivity contribution in [3.05, 3.63) is 0 Å². The second-order valence-corrected chi connectivity index (χ2v) is 6.34. The van der Waals surface area contributed by atoms with Crippen LogP contribution >= 0.6 is 0 Å². The molecule has 0 aromatic carbocycles. The van der Waals surface area contributed by atoms with Crippen LogP contribution in [0.1, 0.15) is 26.7 Å². The number of hydrogen-bond donors (Lipinski definition) is 6. The summed E-state index contributed by atoms with van der Waals surface area (Å²) in [6.45, 7) is 4.56. The maximum atomic E-state index is 10.4. The van der Waals surface area contributed by atoms with E-state index in [4.69, 9.17) is 32.4 Å². The van der Waals surface area contributed by atoms with Crippen molar-refractivity contribution in [3.8, 4) is 0 Å². The van der Waals surface area contributed by atoms with Gasteiger partial charge in [-0.25, -0.2) is 0 Å². The van der Waals surface area contributed by atoms with Gasteiger partial charge in [-0.05, 0) is 26.7 Å². The van der Waals surface area contributed by atoms with Crippen LogP contribution in [-0.4, -0.2) is 73.0 Å². The zero-order valence-corrected chi connectivity index (χ0v) is 13.8. The average Bonchev–Trinajstić information content (AvgIpc) is 2.37. The Bertz CT molecular complexity index is 258. The fourth-order valence-corrected chi connectivity index (χ4v) is 2.12. The van der Waals surface area contributed by atoms with Gasteiger partial charge in [0.25, 0.3) is 0 Å². The van der Waals surface area contributed by atoms with E-state index < -0.39 is 24.3 Å². The lowest BCUT2D eigenvalue weighted by Gasteiger charge is -2.31. The molecule has 0 saturated heterocycles. The Labute approximate surface area is 133 Å². The molecule has 0 spiro atoms. The SMILES string of the molecule is CC(N)COCC(N)CC(O)(CO)CC(N)COCC(C)N. The molecule has 0 aromatic heterocycles. The summed E-state index contributed by atoms with van der Waals surface area (Å²) in [6.07, 6.45) is 0.368. The molecule has 0 aliphatic carbocycles. The molecule has 0 aromatic rings. The van der Waals surface area contributed by atoms with Crippen molar-refractivity contribution in [3.63, 3.8) is 0 Å². The van der Waals surface area contributed by atoms with E-state index in [9.17, 15) is 10.2 Å². The van der Waals surface area contributed by atoms with Crippen LogP contribution in [0.4, 0.5) is 0 Å². The Morgan fingerprint density at radius 2 is 1.18 bits per heavy atom. The Balaban J connectivity index is 4.15. The molecule has 4 unspecified atom stereocenters. The van der Waals surface area contributed by atoms with E-state index in [0.29, 0.717) is 13.2 Å². The van der Waals surface area contributed by atoms with Crippen LogP contribution in [0.5, 0.6) is 0 Å². The van der Waals surface area contributed by atoms with E-state index in [1.807, 2.05) is 13.8 Å². The Morgan fingerprint density at radius 3 is 1.45 bits per heavy atom. The van der Waals surface area contributed by atoms with Crippen molar-refractivity contribution in [2.75, 3.05) is 33.0 Å². The first-order valence-corrected chi connectivity index (χ1v) is 7.69. The van der Waals surface area contributed by atoms with Crippen LogP contribution in [0.3, 0.4) is 0 Å². The third-order valence-corrected chi connectivity index (χ3v) is 3.00. The average molecular weight is 322 g/mol. The summed E-state index contributed by atoms with van der Waals surface area (Å²) in [6, 6.07) is -0.958. The van der Waals surface area contributed by atoms with Crippen LogP contribution in [0.2, 0.25) is 0 Å². The highest BCUT2D eigenvalue weighted by Crippen LogP contribution is 2.18. The summed E-state index contributed by atoms with van der Waals surface area (Å²) in [7, 11) is 0.